The van der Waals surface area contributed by atoms with Gasteiger partial charge in [0.05, 0.1) is 7.11 Å². The number of para-hydroxylation sites is 1. The molecule has 0 aliphatic heterocycles. The predicted octanol–water partition coefficient (Wildman–Crippen LogP) is 2.70. The van der Waals surface area contributed by atoms with Gasteiger partial charge in [-0.05, 0) is 17.6 Å². The van der Waals surface area contributed by atoms with Crippen LogP contribution < -0.4 is 0 Å². The highest BCUT2D eigenvalue weighted by atomic mass is 16.5. The molecule has 0 saturated carbocycles. The first kappa shape index (κ1) is 12.3. The van der Waals surface area contributed by atoms with Gasteiger partial charge in [0.25, 0.3) is 0 Å². The first-order chi connectivity index (χ1) is 7.56. The van der Waals surface area contributed by atoms with E-state index in [0.717, 1.165) is 5.56 Å². The lowest BCUT2D eigenvalue weighted by atomic mass is 9.99. The quantitative estimate of drug-likeness (QED) is 0.629. The molecule has 0 saturated heterocycles. The fraction of sp³-hybridized carbons (Fsp3) is 0.308. The first-order valence-electron chi connectivity index (χ1n) is 5.14. The average Bonchev–Trinajstić information content (AvgIpc) is 2.26. The van der Waals surface area contributed by atoms with Crippen molar-refractivity contribution < 1.29 is 14.6 Å². The van der Waals surface area contributed by atoms with Crippen molar-refractivity contribution in [3.63, 3.8) is 0 Å². The van der Waals surface area contributed by atoms with Gasteiger partial charge in [0.2, 0.25) is 0 Å². The predicted molar refractivity (Wildman–Crippen MR) is 63.2 cm³/mol. The molecule has 0 fully saturated rings. The fourth-order valence-electron chi connectivity index (χ4n) is 1.41. The Morgan fingerprint density at radius 1 is 1.44 bits per heavy atom. The largest absolute Gasteiger partial charge is 0.507 e. The number of esters is 1. The van der Waals surface area contributed by atoms with Gasteiger partial charge < -0.3 is 9.84 Å². The number of carbonyl (C=O) groups is 1. The van der Waals surface area contributed by atoms with E-state index in [2.05, 4.69) is 4.74 Å². The maximum Gasteiger partial charge on any atom is 0.330 e. The number of hydrogen-bond acceptors (Lipinski definition) is 3. The smallest absolute Gasteiger partial charge is 0.330 e. The fourth-order valence-corrected chi connectivity index (χ4v) is 1.41. The third-order valence-corrected chi connectivity index (χ3v) is 2.32. The Morgan fingerprint density at radius 2 is 2.12 bits per heavy atom. The molecule has 0 radical (unpaired) electrons. The Morgan fingerprint density at radius 3 is 2.69 bits per heavy atom. The van der Waals surface area contributed by atoms with Gasteiger partial charge in [0.1, 0.15) is 5.75 Å². The average molecular weight is 220 g/mol. The van der Waals surface area contributed by atoms with Crippen molar-refractivity contribution in [2.75, 3.05) is 7.11 Å². The van der Waals surface area contributed by atoms with E-state index in [1.807, 2.05) is 26.0 Å². The van der Waals surface area contributed by atoms with E-state index in [1.165, 1.54) is 13.2 Å². The molecule has 0 aromatic heterocycles. The molecule has 1 N–H and O–H groups in total. The van der Waals surface area contributed by atoms with Crippen molar-refractivity contribution in [2.24, 2.45) is 0 Å². The monoisotopic (exact) mass is 220 g/mol. The summed E-state index contributed by atoms with van der Waals surface area (Å²) in [6, 6.07) is 5.47. The Hall–Kier alpha value is -1.77. The van der Waals surface area contributed by atoms with E-state index in [1.54, 1.807) is 12.1 Å². The summed E-state index contributed by atoms with van der Waals surface area (Å²) in [7, 11) is 1.32. The summed E-state index contributed by atoms with van der Waals surface area (Å²) < 4.78 is 4.48. The van der Waals surface area contributed by atoms with Crippen LogP contribution in [-0.2, 0) is 9.53 Å². The lowest BCUT2D eigenvalue weighted by Crippen LogP contribution is -1.94. The highest BCUT2D eigenvalue weighted by Gasteiger charge is 2.08. The molecule has 0 amide bonds. The highest BCUT2D eigenvalue weighted by Crippen LogP contribution is 2.29. The van der Waals surface area contributed by atoms with Crippen molar-refractivity contribution in [2.45, 2.75) is 19.8 Å². The summed E-state index contributed by atoms with van der Waals surface area (Å²) in [6.45, 7) is 4.01. The minimum atomic E-state index is -0.436. The zero-order valence-corrected chi connectivity index (χ0v) is 9.73. The summed E-state index contributed by atoms with van der Waals surface area (Å²) >= 11 is 0. The van der Waals surface area contributed by atoms with E-state index in [4.69, 9.17) is 0 Å². The summed E-state index contributed by atoms with van der Waals surface area (Å²) in [5.74, 6) is 0.0264. The minimum absolute atomic E-state index is 0.220. The Kier molecular flexibility index (Phi) is 4.11. The topological polar surface area (TPSA) is 46.5 Å². The lowest BCUT2D eigenvalue weighted by molar-refractivity contribution is -0.134. The number of rotatable bonds is 3. The number of phenols is 1. The molecule has 3 nitrogen and oxygen atoms in total. The van der Waals surface area contributed by atoms with Gasteiger partial charge in [-0.15, -0.1) is 0 Å². The molecule has 0 spiro atoms. The molecule has 0 bridgehead atoms. The van der Waals surface area contributed by atoms with E-state index < -0.39 is 5.97 Å². The van der Waals surface area contributed by atoms with Crippen LogP contribution in [0.3, 0.4) is 0 Å². The molecule has 3 heteroatoms. The van der Waals surface area contributed by atoms with Gasteiger partial charge in [0, 0.05) is 11.6 Å². The maximum absolute atomic E-state index is 10.9. The van der Waals surface area contributed by atoms with Gasteiger partial charge in [-0.25, -0.2) is 4.79 Å². The van der Waals surface area contributed by atoms with Gasteiger partial charge in [-0.3, -0.25) is 0 Å². The van der Waals surface area contributed by atoms with Gasteiger partial charge in [-0.2, -0.15) is 0 Å². The van der Waals surface area contributed by atoms with Gasteiger partial charge >= 0.3 is 5.97 Å². The molecular formula is C13H16O3. The second-order valence-corrected chi connectivity index (χ2v) is 3.80. The number of aromatic hydroxyl groups is 1. The van der Waals surface area contributed by atoms with Crippen LogP contribution in [0.5, 0.6) is 5.75 Å². The normalized spacial score (nSPS) is 11.0. The van der Waals surface area contributed by atoms with Crippen LogP contribution in [0.1, 0.15) is 30.9 Å². The van der Waals surface area contributed by atoms with Crippen molar-refractivity contribution in [1.29, 1.82) is 0 Å². The number of ether oxygens (including phenoxy) is 1. The van der Waals surface area contributed by atoms with Crippen LogP contribution in [0.15, 0.2) is 24.3 Å². The molecule has 0 heterocycles. The third kappa shape index (κ3) is 2.86. The van der Waals surface area contributed by atoms with Crippen LogP contribution in [0.2, 0.25) is 0 Å². The van der Waals surface area contributed by atoms with E-state index in [9.17, 15) is 9.90 Å². The second-order valence-electron chi connectivity index (χ2n) is 3.80. The van der Waals surface area contributed by atoms with E-state index in [-0.39, 0.29) is 11.7 Å². The molecular weight excluding hydrogens is 204 g/mol. The minimum Gasteiger partial charge on any atom is -0.507 e. The van der Waals surface area contributed by atoms with Crippen LogP contribution in [-0.4, -0.2) is 18.2 Å². The number of phenolic OH excluding ortho intramolecular Hbond substituents is 1. The SMILES string of the molecule is COC(=O)/C=C/c1cccc(C(C)C)c1O. The second kappa shape index (κ2) is 5.35. The van der Waals surface area contributed by atoms with Crippen molar-refractivity contribution >= 4 is 12.0 Å². The molecule has 0 aliphatic carbocycles. The molecule has 16 heavy (non-hydrogen) atoms. The highest BCUT2D eigenvalue weighted by molar-refractivity contribution is 5.87. The molecule has 86 valence electrons. The summed E-state index contributed by atoms with van der Waals surface area (Å²) in [5, 5.41) is 9.94. The van der Waals surface area contributed by atoms with E-state index >= 15 is 0 Å². The molecule has 0 atom stereocenters. The Balaban J connectivity index is 3.02. The van der Waals surface area contributed by atoms with Crippen LogP contribution >= 0.6 is 0 Å². The van der Waals surface area contributed by atoms with Crippen molar-refractivity contribution in [3.8, 4) is 5.75 Å². The molecule has 1 aromatic carbocycles. The molecule has 1 aromatic rings. The summed E-state index contributed by atoms with van der Waals surface area (Å²) in [4.78, 5) is 10.9. The van der Waals surface area contributed by atoms with Crippen LogP contribution in [0.4, 0.5) is 0 Å². The Bertz CT molecular complexity index is 406. The number of carbonyl (C=O) groups excluding carboxylic acids is 1. The Labute approximate surface area is 95.4 Å². The number of benzene rings is 1. The van der Waals surface area contributed by atoms with E-state index in [0.29, 0.717) is 5.56 Å². The summed E-state index contributed by atoms with van der Waals surface area (Å²) in [6.07, 6.45) is 2.84. The molecule has 0 aliphatic rings. The number of methoxy groups -OCH3 is 1. The van der Waals surface area contributed by atoms with Crippen LogP contribution in [0, 0.1) is 0 Å². The third-order valence-electron chi connectivity index (χ3n) is 2.32. The van der Waals surface area contributed by atoms with Crippen LogP contribution in [0.25, 0.3) is 6.08 Å². The number of hydrogen-bond donors (Lipinski definition) is 1. The lowest BCUT2D eigenvalue weighted by Gasteiger charge is -2.09. The van der Waals surface area contributed by atoms with Gasteiger partial charge in [-0.1, -0.05) is 32.0 Å². The van der Waals surface area contributed by atoms with Crippen molar-refractivity contribution in [3.05, 3.63) is 35.4 Å². The maximum atomic E-state index is 10.9. The standard InChI is InChI=1S/C13H16O3/c1-9(2)11-6-4-5-10(13(11)15)7-8-12(14)16-3/h4-9,15H,1-3H3/b8-7+. The summed E-state index contributed by atoms with van der Waals surface area (Å²) in [5.41, 5.74) is 1.49. The zero-order valence-electron chi connectivity index (χ0n) is 9.73. The van der Waals surface area contributed by atoms with Gasteiger partial charge in [0.15, 0.2) is 0 Å². The first-order valence-corrected chi connectivity index (χ1v) is 5.14. The molecule has 1 rings (SSSR count). The molecule has 0 unspecified atom stereocenters. The zero-order chi connectivity index (χ0) is 12.1. The van der Waals surface area contributed by atoms with Crippen molar-refractivity contribution in [1.82, 2.24) is 0 Å².